The SMILES string of the molecule is CCOc1cc(C)c(Cl)cc1Br. The van der Waals surface area contributed by atoms with Gasteiger partial charge in [0.1, 0.15) is 5.75 Å². The van der Waals surface area contributed by atoms with E-state index in [0.29, 0.717) is 6.61 Å². The van der Waals surface area contributed by atoms with Gasteiger partial charge in [0.25, 0.3) is 0 Å². The number of ether oxygens (including phenoxy) is 1. The molecule has 1 rings (SSSR count). The van der Waals surface area contributed by atoms with Crippen molar-refractivity contribution in [1.29, 1.82) is 0 Å². The molecule has 0 amide bonds. The van der Waals surface area contributed by atoms with Crippen LogP contribution in [0, 0.1) is 6.92 Å². The number of benzene rings is 1. The van der Waals surface area contributed by atoms with Gasteiger partial charge in [-0.2, -0.15) is 0 Å². The quantitative estimate of drug-likeness (QED) is 0.774. The molecule has 1 aromatic rings. The van der Waals surface area contributed by atoms with Gasteiger partial charge in [0.2, 0.25) is 0 Å². The predicted octanol–water partition coefficient (Wildman–Crippen LogP) is 3.81. The van der Waals surface area contributed by atoms with E-state index in [-0.39, 0.29) is 0 Å². The van der Waals surface area contributed by atoms with Crippen LogP contribution in [0.4, 0.5) is 0 Å². The second kappa shape index (κ2) is 4.15. The molecule has 0 radical (unpaired) electrons. The van der Waals surface area contributed by atoms with Crippen LogP contribution in [0.5, 0.6) is 5.75 Å². The van der Waals surface area contributed by atoms with Gasteiger partial charge < -0.3 is 4.74 Å². The first kappa shape index (κ1) is 9.87. The van der Waals surface area contributed by atoms with Crippen molar-refractivity contribution in [3.05, 3.63) is 27.2 Å². The average molecular weight is 250 g/mol. The van der Waals surface area contributed by atoms with Crippen LogP contribution >= 0.6 is 27.5 Å². The summed E-state index contributed by atoms with van der Waals surface area (Å²) in [6.07, 6.45) is 0. The summed E-state index contributed by atoms with van der Waals surface area (Å²) in [6, 6.07) is 3.78. The van der Waals surface area contributed by atoms with Crippen molar-refractivity contribution in [3.8, 4) is 5.75 Å². The minimum absolute atomic E-state index is 0.666. The third kappa shape index (κ3) is 2.14. The molecular formula is C9H10BrClO. The van der Waals surface area contributed by atoms with E-state index in [1.807, 2.05) is 26.0 Å². The topological polar surface area (TPSA) is 9.23 Å². The fourth-order valence-electron chi connectivity index (χ4n) is 0.897. The lowest BCUT2D eigenvalue weighted by molar-refractivity contribution is 0.338. The third-order valence-corrected chi connectivity index (χ3v) is 2.54. The molecule has 0 atom stereocenters. The summed E-state index contributed by atoms with van der Waals surface area (Å²) in [6.45, 7) is 4.58. The van der Waals surface area contributed by atoms with E-state index in [1.165, 1.54) is 0 Å². The molecule has 0 heterocycles. The molecule has 66 valence electrons. The standard InChI is InChI=1S/C9H10BrClO/c1-3-12-9-4-6(2)8(11)5-7(9)10/h4-5H,3H2,1-2H3. The largest absolute Gasteiger partial charge is 0.493 e. The minimum atomic E-state index is 0.666. The van der Waals surface area contributed by atoms with E-state index in [0.717, 1.165) is 20.8 Å². The molecule has 0 fully saturated rings. The molecule has 0 aliphatic heterocycles. The van der Waals surface area contributed by atoms with Crippen LogP contribution in [0.25, 0.3) is 0 Å². The smallest absolute Gasteiger partial charge is 0.133 e. The van der Waals surface area contributed by atoms with Crippen LogP contribution in [0.2, 0.25) is 5.02 Å². The lowest BCUT2D eigenvalue weighted by atomic mass is 10.2. The molecule has 0 N–H and O–H groups in total. The van der Waals surface area contributed by atoms with Gasteiger partial charge in [-0.3, -0.25) is 0 Å². The van der Waals surface area contributed by atoms with Gasteiger partial charge in [-0.15, -0.1) is 0 Å². The first-order chi connectivity index (χ1) is 5.65. The number of hydrogen-bond acceptors (Lipinski definition) is 1. The summed E-state index contributed by atoms with van der Waals surface area (Å²) in [5.74, 6) is 0.847. The fraction of sp³-hybridized carbons (Fsp3) is 0.333. The highest BCUT2D eigenvalue weighted by Gasteiger charge is 2.03. The number of rotatable bonds is 2. The molecule has 0 aliphatic carbocycles. The Morgan fingerprint density at radius 1 is 1.50 bits per heavy atom. The van der Waals surface area contributed by atoms with Crippen molar-refractivity contribution in [1.82, 2.24) is 0 Å². The van der Waals surface area contributed by atoms with Crippen LogP contribution in [0.1, 0.15) is 12.5 Å². The zero-order valence-corrected chi connectivity index (χ0v) is 9.37. The van der Waals surface area contributed by atoms with Gasteiger partial charge in [-0.25, -0.2) is 0 Å². The lowest BCUT2D eigenvalue weighted by Crippen LogP contribution is -1.93. The molecule has 0 spiro atoms. The van der Waals surface area contributed by atoms with E-state index in [2.05, 4.69) is 15.9 Å². The Bertz CT molecular complexity index is 286. The summed E-state index contributed by atoms with van der Waals surface area (Å²) in [5, 5.41) is 0.755. The zero-order chi connectivity index (χ0) is 9.14. The van der Waals surface area contributed by atoms with Crippen molar-refractivity contribution in [2.24, 2.45) is 0 Å². The van der Waals surface area contributed by atoms with Crippen molar-refractivity contribution in [3.63, 3.8) is 0 Å². The normalized spacial score (nSPS) is 10.0. The predicted molar refractivity (Wildman–Crippen MR) is 55.1 cm³/mol. The molecule has 0 saturated heterocycles. The molecule has 0 aliphatic rings. The van der Waals surface area contributed by atoms with Gasteiger partial charge in [-0.1, -0.05) is 11.6 Å². The number of halogens is 2. The molecular weight excluding hydrogens is 239 g/mol. The summed E-state index contributed by atoms with van der Waals surface area (Å²) < 4.78 is 6.27. The molecule has 1 nitrogen and oxygen atoms in total. The molecule has 12 heavy (non-hydrogen) atoms. The Morgan fingerprint density at radius 2 is 2.17 bits per heavy atom. The molecule has 0 saturated carbocycles. The average Bonchev–Trinajstić information content (AvgIpc) is 2.01. The minimum Gasteiger partial charge on any atom is -0.493 e. The van der Waals surface area contributed by atoms with Crippen LogP contribution in [-0.2, 0) is 0 Å². The summed E-state index contributed by atoms with van der Waals surface area (Å²) in [4.78, 5) is 0. The molecule has 0 aromatic heterocycles. The Balaban J connectivity index is 3.05. The van der Waals surface area contributed by atoms with Crippen LogP contribution in [0.3, 0.4) is 0 Å². The molecule has 0 bridgehead atoms. The van der Waals surface area contributed by atoms with Crippen molar-refractivity contribution < 1.29 is 4.74 Å². The molecule has 3 heteroatoms. The molecule has 0 unspecified atom stereocenters. The Labute approximate surface area is 85.8 Å². The first-order valence-corrected chi connectivity index (χ1v) is 4.90. The van der Waals surface area contributed by atoms with E-state index >= 15 is 0 Å². The van der Waals surface area contributed by atoms with E-state index in [1.54, 1.807) is 0 Å². The number of aryl methyl sites for hydroxylation is 1. The fourth-order valence-corrected chi connectivity index (χ4v) is 1.65. The van der Waals surface area contributed by atoms with Crippen molar-refractivity contribution in [2.45, 2.75) is 13.8 Å². The van der Waals surface area contributed by atoms with Gasteiger partial charge in [0, 0.05) is 5.02 Å². The highest BCUT2D eigenvalue weighted by atomic mass is 79.9. The zero-order valence-electron chi connectivity index (χ0n) is 7.03. The van der Waals surface area contributed by atoms with Gasteiger partial charge in [0.15, 0.2) is 0 Å². The number of hydrogen-bond donors (Lipinski definition) is 0. The highest BCUT2D eigenvalue weighted by Crippen LogP contribution is 2.30. The second-order valence-electron chi connectivity index (χ2n) is 2.46. The summed E-state index contributed by atoms with van der Waals surface area (Å²) in [5.41, 5.74) is 1.03. The lowest BCUT2D eigenvalue weighted by Gasteiger charge is -2.07. The summed E-state index contributed by atoms with van der Waals surface area (Å²) in [7, 11) is 0. The van der Waals surface area contributed by atoms with Crippen molar-refractivity contribution in [2.75, 3.05) is 6.61 Å². The second-order valence-corrected chi connectivity index (χ2v) is 3.73. The molecule has 1 aromatic carbocycles. The van der Waals surface area contributed by atoms with E-state index < -0.39 is 0 Å². The van der Waals surface area contributed by atoms with Gasteiger partial charge in [-0.05, 0) is 47.5 Å². The van der Waals surface area contributed by atoms with Crippen LogP contribution in [-0.4, -0.2) is 6.61 Å². The maximum Gasteiger partial charge on any atom is 0.133 e. The summed E-state index contributed by atoms with van der Waals surface area (Å²) >= 11 is 9.27. The first-order valence-electron chi connectivity index (χ1n) is 3.73. The van der Waals surface area contributed by atoms with Crippen molar-refractivity contribution >= 4 is 27.5 Å². The monoisotopic (exact) mass is 248 g/mol. The van der Waals surface area contributed by atoms with E-state index in [4.69, 9.17) is 16.3 Å². The van der Waals surface area contributed by atoms with Crippen LogP contribution in [0.15, 0.2) is 16.6 Å². The maximum absolute atomic E-state index is 5.90. The highest BCUT2D eigenvalue weighted by molar-refractivity contribution is 9.10. The van der Waals surface area contributed by atoms with E-state index in [9.17, 15) is 0 Å². The Hall–Kier alpha value is -0.210. The van der Waals surface area contributed by atoms with Gasteiger partial charge >= 0.3 is 0 Å². The Morgan fingerprint density at radius 3 is 2.75 bits per heavy atom. The van der Waals surface area contributed by atoms with Gasteiger partial charge in [0.05, 0.1) is 11.1 Å². The Kier molecular flexibility index (Phi) is 3.41. The third-order valence-electron chi connectivity index (χ3n) is 1.51. The van der Waals surface area contributed by atoms with Crippen LogP contribution < -0.4 is 4.74 Å². The maximum atomic E-state index is 5.90.